The van der Waals surface area contributed by atoms with Crippen LogP contribution >= 0.6 is 0 Å². The van der Waals surface area contributed by atoms with Crippen LogP contribution in [0.2, 0.25) is 0 Å². The molecule has 0 radical (unpaired) electrons. The van der Waals surface area contributed by atoms with Gasteiger partial charge in [0, 0.05) is 12.1 Å². The monoisotopic (exact) mass is 241 g/mol. The third-order valence-corrected chi connectivity index (χ3v) is 3.69. The molecule has 0 atom stereocenters. The standard InChI is InChI=1S/C12H25BN2O2/c1-7-15-10(9(2)8-14)13-16-11(3,4)12(5,6)17-13/h15H,7-8,14H2,1-6H3/p+1. The molecule has 0 spiro atoms. The number of quaternary nitrogens is 1. The molecule has 1 aliphatic rings. The molecule has 1 rings (SSSR count). The third-order valence-electron chi connectivity index (χ3n) is 3.69. The lowest BCUT2D eigenvalue weighted by atomic mass is 9.81. The first kappa shape index (κ1) is 14.5. The molecule has 1 heterocycles. The predicted octanol–water partition coefficient (Wildman–Crippen LogP) is 0.743. The average Bonchev–Trinajstić information content (AvgIpc) is 2.43. The van der Waals surface area contributed by atoms with Crippen LogP contribution in [0.25, 0.3) is 0 Å². The summed E-state index contributed by atoms with van der Waals surface area (Å²) >= 11 is 0. The molecular formula is C12H26BN2O2+. The van der Waals surface area contributed by atoms with Gasteiger partial charge in [0.25, 0.3) is 0 Å². The highest BCUT2D eigenvalue weighted by atomic mass is 16.7. The maximum Gasteiger partial charge on any atom is 0.511 e. The van der Waals surface area contributed by atoms with E-state index in [2.05, 4.69) is 52.6 Å². The van der Waals surface area contributed by atoms with Gasteiger partial charge in [-0.3, -0.25) is 0 Å². The summed E-state index contributed by atoms with van der Waals surface area (Å²) in [5.41, 5.74) is 5.55. The Morgan fingerprint density at radius 2 is 1.65 bits per heavy atom. The van der Waals surface area contributed by atoms with Crippen LogP contribution in [0.3, 0.4) is 0 Å². The van der Waals surface area contributed by atoms with Gasteiger partial charge in [-0.2, -0.15) is 0 Å². The van der Waals surface area contributed by atoms with Gasteiger partial charge in [-0.05, 0) is 47.1 Å². The van der Waals surface area contributed by atoms with Crippen molar-refractivity contribution < 1.29 is 15.0 Å². The highest BCUT2D eigenvalue weighted by Gasteiger charge is 2.52. The first-order valence-corrected chi connectivity index (χ1v) is 6.33. The fourth-order valence-electron chi connectivity index (χ4n) is 1.72. The Morgan fingerprint density at radius 3 is 2.00 bits per heavy atom. The summed E-state index contributed by atoms with van der Waals surface area (Å²) in [7, 11) is -0.304. The molecule has 4 nitrogen and oxygen atoms in total. The van der Waals surface area contributed by atoms with Gasteiger partial charge in [-0.15, -0.1) is 0 Å². The molecule has 1 saturated heterocycles. The lowest BCUT2D eigenvalue weighted by Gasteiger charge is -2.32. The Bertz CT molecular complexity index is 298. The van der Waals surface area contributed by atoms with Crippen LogP contribution in [0.5, 0.6) is 0 Å². The van der Waals surface area contributed by atoms with Crippen LogP contribution in [0.15, 0.2) is 11.2 Å². The second-order valence-corrected chi connectivity index (χ2v) is 5.56. The highest BCUT2D eigenvalue weighted by Crippen LogP contribution is 2.38. The van der Waals surface area contributed by atoms with Crippen LogP contribution in [-0.4, -0.2) is 31.4 Å². The van der Waals surface area contributed by atoms with Crippen molar-refractivity contribution in [2.75, 3.05) is 13.1 Å². The first-order valence-electron chi connectivity index (χ1n) is 6.33. The Morgan fingerprint density at radius 1 is 1.18 bits per heavy atom. The molecule has 0 aromatic carbocycles. The van der Waals surface area contributed by atoms with E-state index in [1.54, 1.807) is 0 Å². The van der Waals surface area contributed by atoms with Crippen molar-refractivity contribution in [2.45, 2.75) is 52.7 Å². The van der Waals surface area contributed by atoms with Crippen molar-refractivity contribution in [3.63, 3.8) is 0 Å². The summed E-state index contributed by atoms with van der Waals surface area (Å²) in [6.45, 7) is 14.0. The Kier molecular flexibility index (Phi) is 4.28. The van der Waals surface area contributed by atoms with Crippen molar-refractivity contribution in [3.8, 4) is 0 Å². The second kappa shape index (κ2) is 5.00. The lowest BCUT2D eigenvalue weighted by Crippen LogP contribution is -2.52. The topological polar surface area (TPSA) is 58.1 Å². The molecule has 4 N–H and O–H groups in total. The largest absolute Gasteiger partial charge is 0.511 e. The van der Waals surface area contributed by atoms with Gasteiger partial charge in [-0.25, -0.2) is 0 Å². The van der Waals surface area contributed by atoms with Crippen LogP contribution in [0, 0.1) is 0 Å². The van der Waals surface area contributed by atoms with Crippen molar-refractivity contribution in [1.29, 1.82) is 0 Å². The summed E-state index contributed by atoms with van der Waals surface area (Å²) in [5.74, 6) is 0. The van der Waals surface area contributed by atoms with Crippen molar-refractivity contribution in [3.05, 3.63) is 11.2 Å². The van der Waals surface area contributed by atoms with E-state index < -0.39 is 0 Å². The van der Waals surface area contributed by atoms with Crippen molar-refractivity contribution in [1.82, 2.24) is 5.32 Å². The van der Waals surface area contributed by atoms with Crippen LogP contribution < -0.4 is 11.1 Å². The average molecular weight is 241 g/mol. The minimum absolute atomic E-state index is 0.292. The van der Waals surface area contributed by atoms with Crippen molar-refractivity contribution in [2.24, 2.45) is 0 Å². The molecule has 0 aromatic rings. The maximum atomic E-state index is 6.03. The summed E-state index contributed by atoms with van der Waals surface area (Å²) in [5, 5.41) is 3.34. The SMILES string of the molecule is CCNC(B1OC(C)(C)C(C)(C)O1)=C(C)C[NH3+]. The fraction of sp³-hybridized carbons (Fsp3) is 0.833. The Labute approximate surface area is 105 Å². The minimum Gasteiger partial charge on any atom is -0.398 e. The molecule has 1 fully saturated rings. The van der Waals surface area contributed by atoms with Crippen LogP contribution in [0.4, 0.5) is 0 Å². The molecule has 0 unspecified atom stereocenters. The van der Waals surface area contributed by atoms with Crippen LogP contribution in [0.1, 0.15) is 41.5 Å². The van der Waals surface area contributed by atoms with E-state index >= 15 is 0 Å². The molecule has 0 aromatic heterocycles. The van der Waals surface area contributed by atoms with E-state index in [9.17, 15) is 0 Å². The number of hydrogen-bond donors (Lipinski definition) is 2. The lowest BCUT2D eigenvalue weighted by molar-refractivity contribution is -0.356. The van der Waals surface area contributed by atoms with Gasteiger partial charge >= 0.3 is 7.12 Å². The summed E-state index contributed by atoms with van der Waals surface area (Å²) < 4.78 is 12.1. The third kappa shape index (κ3) is 2.84. The molecule has 1 aliphatic heterocycles. The van der Waals surface area contributed by atoms with Gasteiger partial charge in [0.1, 0.15) is 0 Å². The van der Waals surface area contributed by atoms with E-state index in [1.807, 2.05) is 0 Å². The van der Waals surface area contributed by atoms with Crippen molar-refractivity contribution >= 4 is 7.12 Å². The number of rotatable bonds is 4. The van der Waals surface area contributed by atoms with E-state index in [0.29, 0.717) is 0 Å². The molecule has 0 saturated carbocycles. The zero-order chi connectivity index (χ0) is 13.3. The molecular weight excluding hydrogens is 215 g/mol. The molecule has 98 valence electrons. The van der Waals surface area contributed by atoms with E-state index in [4.69, 9.17) is 9.31 Å². The zero-order valence-corrected chi connectivity index (χ0v) is 12.0. The molecule has 0 aliphatic carbocycles. The van der Waals surface area contributed by atoms with Gasteiger partial charge in [-0.1, -0.05) is 0 Å². The van der Waals surface area contributed by atoms with E-state index in [-0.39, 0.29) is 18.3 Å². The smallest absolute Gasteiger partial charge is 0.398 e. The summed E-state index contributed by atoms with van der Waals surface area (Å²) in [6, 6.07) is 0. The molecule has 5 heteroatoms. The number of nitrogens with one attached hydrogen (secondary N) is 1. The quantitative estimate of drug-likeness (QED) is 0.714. The van der Waals surface area contributed by atoms with Gasteiger partial charge in [0.15, 0.2) is 0 Å². The summed E-state index contributed by atoms with van der Waals surface area (Å²) in [4.78, 5) is 0. The first-order chi connectivity index (χ1) is 7.75. The molecule has 17 heavy (non-hydrogen) atoms. The van der Waals surface area contributed by atoms with E-state index in [1.165, 1.54) is 5.57 Å². The minimum atomic E-state index is -0.304. The van der Waals surface area contributed by atoms with Crippen LogP contribution in [-0.2, 0) is 9.31 Å². The normalized spacial score (nSPS) is 23.6. The zero-order valence-electron chi connectivity index (χ0n) is 12.0. The number of hydrogen-bond acceptors (Lipinski definition) is 3. The second-order valence-electron chi connectivity index (χ2n) is 5.56. The Hall–Kier alpha value is -0.515. The highest BCUT2D eigenvalue weighted by molar-refractivity contribution is 6.54. The van der Waals surface area contributed by atoms with Gasteiger partial charge in [0.2, 0.25) is 0 Å². The van der Waals surface area contributed by atoms with Gasteiger partial charge < -0.3 is 20.4 Å². The molecule has 0 amide bonds. The fourth-order valence-corrected chi connectivity index (χ4v) is 1.72. The predicted molar refractivity (Wildman–Crippen MR) is 70.2 cm³/mol. The Balaban J connectivity index is 2.95. The molecule has 0 bridgehead atoms. The van der Waals surface area contributed by atoms with Gasteiger partial charge in [0.05, 0.1) is 17.7 Å². The van der Waals surface area contributed by atoms with E-state index in [0.717, 1.165) is 18.7 Å². The summed E-state index contributed by atoms with van der Waals surface area (Å²) in [6.07, 6.45) is 0. The maximum absolute atomic E-state index is 6.03.